The number of amidine groups is 1. The van der Waals surface area contributed by atoms with Gasteiger partial charge in [-0.15, -0.1) is 5.06 Å². The van der Waals surface area contributed by atoms with Gasteiger partial charge in [0.15, 0.2) is 0 Å². The topological polar surface area (TPSA) is 72.4 Å². The van der Waals surface area contributed by atoms with Crippen LogP contribution in [-0.4, -0.2) is 29.8 Å². The van der Waals surface area contributed by atoms with Crippen molar-refractivity contribution in [3.05, 3.63) is 65.2 Å². The first-order valence-electron chi connectivity index (χ1n) is 10.6. The zero-order valence-electron chi connectivity index (χ0n) is 18.0. The van der Waals surface area contributed by atoms with Crippen LogP contribution in [0.15, 0.2) is 53.7 Å². The molecule has 1 amide bonds. The Labute approximate surface area is 189 Å². The Kier molecular flexibility index (Phi) is 6.35. The fourth-order valence-corrected chi connectivity index (χ4v) is 3.93. The average molecular weight is 463 g/mol. The summed E-state index contributed by atoms with van der Waals surface area (Å²) in [6, 6.07) is 11.7. The number of hydrogen-bond donors (Lipinski definition) is 1. The van der Waals surface area contributed by atoms with Crippen molar-refractivity contribution in [3.8, 4) is 5.75 Å². The fraction of sp³-hybridized carbons (Fsp3) is 0.391. The molecule has 1 heterocycles. The lowest BCUT2D eigenvalue weighted by Crippen LogP contribution is -2.52. The molecule has 0 atom stereocenters. The van der Waals surface area contributed by atoms with Gasteiger partial charge in [-0.05, 0) is 42.7 Å². The summed E-state index contributed by atoms with van der Waals surface area (Å²) in [7, 11) is 1.57. The largest absolute Gasteiger partial charge is 0.497 e. The highest BCUT2D eigenvalue weighted by molar-refractivity contribution is 5.99. The first kappa shape index (κ1) is 22.8. The molecular weight excluding hydrogens is 439 g/mol. The quantitative estimate of drug-likeness (QED) is 0.659. The van der Waals surface area contributed by atoms with Crippen LogP contribution in [0.2, 0.25) is 0 Å². The number of halogens is 3. The van der Waals surface area contributed by atoms with Gasteiger partial charge < -0.3 is 19.7 Å². The number of hydroxylamine groups is 2. The zero-order valence-corrected chi connectivity index (χ0v) is 18.0. The first-order valence-corrected chi connectivity index (χ1v) is 10.6. The molecule has 176 valence electrons. The van der Waals surface area contributed by atoms with Crippen LogP contribution in [0.1, 0.15) is 48.8 Å². The summed E-state index contributed by atoms with van der Waals surface area (Å²) in [6.07, 6.45) is -1.31. The first-order chi connectivity index (χ1) is 15.8. The Morgan fingerprint density at radius 3 is 2.36 bits per heavy atom. The van der Waals surface area contributed by atoms with Crippen LogP contribution in [-0.2, 0) is 22.4 Å². The van der Waals surface area contributed by atoms with E-state index in [0.717, 1.165) is 37.0 Å². The number of hydrogen-bond acceptors (Lipinski definition) is 6. The SMILES string of the molecule is COc1ccc(CNC(=O)ON2C(c3ccc(C(F)(F)F)cc3)=NOC23CCCCC3)cc1. The molecule has 1 saturated carbocycles. The highest BCUT2D eigenvalue weighted by Gasteiger charge is 2.50. The smallest absolute Gasteiger partial charge is 0.432 e. The Bertz CT molecular complexity index is 1000. The summed E-state index contributed by atoms with van der Waals surface area (Å²) >= 11 is 0. The summed E-state index contributed by atoms with van der Waals surface area (Å²) in [5.41, 5.74) is -0.543. The molecule has 2 aromatic carbocycles. The fourth-order valence-electron chi connectivity index (χ4n) is 3.93. The van der Waals surface area contributed by atoms with Crippen molar-refractivity contribution in [1.29, 1.82) is 0 Å². The molecule has 7 nitrogen and oxygen atoms in total. The second-order valence-electron chi connectivity index (χ2n) is 7.96. The molecule has 0 saturated heterocycles. The van der Waals surface area contributed by atoms with Gasteiger partial charge in [0.25, 0.3) is 0 Å². The minimum atomic E-state index is -4.45. The molecule has 1 aliphatic carbocycles. The molecule has 1 spiro atoms. The van der Waals surface area contributed by atoms with E-state index in [1.807, 2.05) is 12.1 Å². The lowest BCUT2D eigenvalue weighted by Gasteiger charge is -2.37. The molecule has 0 bridgehead atoms. The summed E-state index contributed by atoms with van der Waals surface area (Å²) in [5.74, 6) is 0.859. The van der Waals surface area contributed by atoms with Crippen molar-refractivity contribution in [2.75, 3.05) is 7.11 Å². The van der Waals surface area contributed by atoms with Crippen LogP contribution < -0.4 is 10.1 Å². The predicted molar refractivity (Wildman–Crippen MR) is 113 cm³/mol. The van der Waals surface area contributed by atoms with Crippen LogP contribution in [0, 0.1) is 0 Å². The molecule has 1 aliphatic heterocycles. The van der Waals surface area contributed by atoms with Crippen molar-refractivity contribution in [1.82, 2.24) is 10.4 Å². The van der Waals surface area contributed by atoms with Crippen molar-refractivity contribution >= 4 is 11.9 Å². The van der Waals surface area contributed by atoms with E-state index >= 15 is 0 Å². The van der Waals surface area contributed by atoms with Gasteiger partial charge in [0, 0.05) is 24.9 Å². The summed E-state index contributed by atoms with van der Waals surface area (Å²) < 4.78 is 44.0. The van der Waals surface area contributed by atoms with Gasteiger partial charge in [-0.1, -0.05) is 35.8 Å². The Balaban J connectivity index is 1.49. The number of carbonyl (C=O) groups excluding carboxylic acids is 1. The maximum atomic E-state index is 12.9. The van der Waals surface area contributed by atoms with E-state index in [2.05, 4.69) is 10.5 Å². The number of methoxy groups -OCH3 is 1. The highest BCUT2D eigenvalue weighted by atomic mass is 19.4. The molecule has 10 heteroatoms. The lowest BCUT2D eigenvalue weighted by atomic mass is 9.91. The number of carbonyl (C=O) groups is 1. The third kappa shape index (κ3) is 4.99. The normalized spacial score (nSPS) is 17.3. The number of rotatable bonds is 5. The minimum absolute atomic E-state index is 0.158. The molecule has 0 radical (unpaired) electrons. The van der Waals surface area contributed by atoms with E-state index in [-0.39, 0.29) is 12.4 Å². The van der Waals surface area contributed by atoms with E-state index in [0.29, 0.717) is 24.2 Å². The maximum Gasteiger partial charge on any atom is 0.432 e. The molecule has 4 rings (SSSR count). The van der Waals surface area contributed by atoms with Gasteiger partial charge in [-0.3, -0.25) is 0 Å². The van der Waals surface area contributed by atoms with E-state index < -0.39 is 23.6 Å². The third-order valence-electron chi connectivity index (χ3n) is 5.74. The molecular formula is C23H24F3N3O4. The molecule has 2 aromatic rings. The maximum absolute atomic E-state index is 12.9. The van der Waals surface area contributed by atoms with Gasteiger partial charge in [0.1, 0.15) is 5.75 Å². The predicted octanol–water partition coefficient (Wildman–Crippen LogP) is 5.21. The van der Waals surface area contributed by atoms with E-state index in [1.165, 1.54) is 17.2 Å². The van der Waals surface area contributed by atoms with Gasteiger partial charge in [-0.2, -0.15) is 13.2 Å². The van der Waals surface area contributed by atoms with Crippen LogP contribution in [0.5, 0.6) is 5.75 Å². The van der Waals surface area contributed by atoms with E-state index in [1.54, 1.807) is 19.2 Å². The van der Waals surface area contributed by atoms with Crippen LogP contribution in [0.4, 0.5) is 18.0 Å². The minimum Gasteiger partial charge on any atom is -0.497 e. The van der Waals surface area contributed by atoms with Crippen molar-refractivity contribution in [2.45, 2.75) is 50.6 Å². The number of benzene rings is 2. The van der Waals surface area contributed by atoms with Crippen molar-refractivity contribution in [2.24, 2.45) is 5.16 Å². The monoisotopic (exact) mass is 463 g/mol. The summed E-state index contributed by atoms with van der Waals surface area (Å²) in [4.78, 5) is 24.0. The molecule has 1 fully saturated rings. The highest BCUT2D eigenvalue weighted by Crippen LogP contribution is 2.40. The average Bonchev–Trinajstić information content (AvgIpc) is 3.15. The standard InChI is InChI=1S/C23H24F3N3O4/c1-31-19-11-5-16(6-12-19)15-27-21(30)32-29-20(28-33-22(29)13-3-2-4-14-22)17-7-9-18(10-8-17)23(24,25)26/h5-12H,2-4,13-15H2,1H3,(H,27,30). The Morgan fingerprint density at radius 1 is 1.09 bits per heavy atom. The number of nitrogens with one attached hydrogen (secondary N) is 1. The van der Waals surface area contributed by atoms with E-state index in [9.17, 15) is 18.0 Å². The Morgan fingerprint density at radius 2 is 1.76 bits per heavy atom. The number of ether oxygens (including phenoxy) is 1. The second-order valence-corrected chi connectivity index (χ2v) is 7.96. The molecule has 33 heavy (non-hydrogen) atoms. The zero-order chi connectivity index (χ0) is 23.5. The summed E-state index contributed by atoms with van der Waals surface area (Å²) in [5, 5.41) is 8.08. The van der Waals surface area contributed by atoms with Gasteiger partial charge in [0.2, 0.25) is 11.6 Å². The van der Waals surface area contributed by atoms with Crippen LogP contribution >= 0.6 is 0 Å². The number of oxime groups is 1. The van der Waals surface area contributed by atoms with Gasteiger partial charge in [0.05, 0.1) is 12.7 Å². The van der Waals surface area contributed by atoms with Crippen LogP contribution in [0.25, 0.3) is 0 Å². The molecule has 2 aliphatic rings. The lowest BCUT2D eigenvalue weighted by molar-refractivity contribution is -0.226. The summed E-state index contributed by atoms with van der Waals surface area (Å²) in [6.45, 7) is 0.220. The van der Waals surface area contributed by atoms with Gasteiger partial charge in [-0.25, -0.2) is 4.79 Å². The van der Waals surface area contributed by atoms with Gasteiger partial charge >= 0.3 is 12.3 Å². The number of nitrogens with zero attached hydrogens (tertiary/aromatic N) is 2. The molecule has 1 N–H and O–H groups in total. The molecule has 0 unspecified atom stereocenters. The number of amides is 1. The second kappa shape index (κ2) is 9.21. The van der Waals surface area contributed by atoms with E-state index in [4.69, 9.17) is 14.4 Å². The van der Waals surface area contributed by atoms with Crippen molar-refractivity contribution in [3.63, 3.8) is 0 Å². The number of alkyl halides is 3. The van der Waals surface area contributed by atoms with Crippen LogP contribution in [0.3, 0.4) is 0 Å². The van der Waals surface area contributed by atoms with Crippen molar-refractivity contribution < 1.29 is 32.4 Å². The molecule has 0 aromatic heterocycles. The Hall–Kier alpha value is -3.43. The third-order valence-corrected chi connectivity index (χ3v) is 5.74.